The molecule has 0 radical (unpaired) electrons. The molecule has 59 heavy (non-hydrogen) atoms. The molecule has 0 fully saturated rings. The molecular formula is C57H39NSi. The van der Waals surface area contributed by atoms with Gasteiger partial charge in [0.15, 0.2) is 8.07 Å². The second-order valence-corrected chi connectivity index (χ2v) is 20.6. The van der Waals surface area contributed by atoms with Crippen LogP contribution in [0, 0.1) is 13.8 Å². The van der Waals surface area contributed by atoms with Gasteiger partial charge in [0.1, 0.15) is 0 Å². The van der Waals surface area contributed by atoms with E-state index in [1.54, 1.807) is 0 Å². The van der Waals surface area contributed by atoms with Crippen molar-refractivity contribution in [3.05, 3.63) is 234 Å². The maximum atomic E-state index is 2.60. The highest BCUT2D eigenvalue weighted by molar-refractivity contribution is 7.24. The summed E-state index contributed by atoms with van der Waals surface area (Å²) in [4.78, 5) is 2.59. The Bertz CT molecular complexity index is 3170. The molecule has 13 rings (SSSR count). The van der Waals surface area contributed by atoms with E-state index in [1.165, 1.54) is 116 Å². The number of hydrogen-bond acceptors (Lipinski definition) is 1. The summed E-state index contributed by atoms with van der Waals surface area (Å²) in [5.41, 5.74) is 21.7. The molecule has 0 amide bonds. The quantitative estimate of drug-likeness (QED) is 0.158. The zero-order chi connectivity index (χ0) is 39.0. The molecule has 3 heterocycles. The lowest BCUT2D eigenvalue weighted by Gasteiger charge is -2.45. The fourth-order valence-electron chi connectivity index (χ4n) is 11.7. The van der Waals surface area contributed by atoms with Gasteiger partial charge < -0.3 is 4.90 Å². The molecule has 2 heteroatoms. The average Bonchev–Trinajstić information content (AvgIpc) is 3.86. The standard InChI is InChI=1S/C57H39NSi/c1-36-24-28-44-45-29-25-37(2)33-55(45)59(54(44)32-36)53-23-13-8-18-43(53)46-30-27-40(35-56(46)59)58-51-22-12-11-21-49(51)57(47-19-9-6-16-41(47)42-17-7-10-20-48(42)57)50-34-39(26-31-52(50)58)38-14-4-3-5-15-38/h3-35H,1-2H3. The van der Waals surface area contributed by atoms with Crippen LogP contribution in [0.3, 0.4) is 0 Å². The van der Waals surface area contributed by atoms with Crippen molar-refractivity contribution < 1.29 is 0 Å². The van der Waals surface area contributed by atoms with Crippen LogP contribution < -0.4 is 25.6 Å². The van der Waals surface area contributed by atoms with Gasteiger partial charge in [-0.2, -0.15) is 0 Å². The largest absolute Gasteiger partial charge is 0.310 e. The first-order valence-electron chi connectivity index (χ1n) is 20.8. The van der Waals surface area contributed by atoms with Crippen LogP contribution in [-0.2, 0) is 5.41 Å². The Morgan fingerprint density at radius 1 is 0.339 bits per heavy atom. The summed E-state index contributed by atoms with van der Waals surface area (Å²) in [5.74, 6) is 0. The van der Waals surface area contributed by atoms with Crippen molar-refractivity contribution >= 4 is 45.9 Å². The number of aryl methyl sites for hydroxylation is 2. The van der Waals surface area contributed by atoms with Gasteiger partial charge in [0.2, 0.25) is 0 Å². The summed E-state index contributed by atoms with van der Waals surface area (Å²) >= 11 is 0. The number of benzene rings is 9. The molecular weight excluding hydrogens is 727 g/mol. The Morgan fingerprint density at radius 3 is 1.53 bits per heavy atom. The first kappa shape index (κ1) is 33.0. The Labute approximate surface area is 346 Å². The molecule has 0 N–H and O–H groups in total. The van der Waals surface area contributed by atoms with Crippen LogP contribution >= 0.6 is 0 Å². The van der Waals surface area contributed by atoms with Gasteiger partial charge in [0.25, 0.3) is 0 Å². The normalized spacial score (nSPS) is 14.8. The van der Waals surface area contributed by atoms with Gasteiger partial charge in [-0.1, -0.05) is 181 Å². The highest BCUT2D eigenvalue weighted by atomic mass is 28.3. The minimum atomic E-state index is -2.70. The van der Waals surface area contributed by atoms with E-state index in [0.717, 1.165) is 0 Å². The van der Waals surface area contributed by atoms with Crippen molar-refractivity contribution in [2.45, 2.75) is 19.3 Å². The lowest BCUT2D eigenvalue weighted by atomic mass is 9.64. The summed E-state index contributed by atoms with van der Waals surface area (Å²) in [6.45, 7) is 4.52. The van der Waals surface area contributed by atoms with Crippen molar-refractivity contribution in [3.8, 4) is 44.5 Å². The van der Waals surface area contributed by atoms with Gasteiger partial charge in [-0.15, -0.1) is 0 Å². The molecule has 1 nitrogen and oxygen atoms in total. The molecule has 276 valence electrons. The Kier molecular flexibility index (Phi) is 6.60. The third-order valence-electron chi connectivity index (χ3n) is 14.0. The van der Waals surface area contributed by atoms with Crippen molar-refractivity contribution in [3.63, 3.8) is 0 Å². The van der Waals surface area contributed by atoms with Crippen LogP contribution in [0.4, 0.5) is 17.1 Å². The number of fused-ring (bicyclic) bond motifs is 19. The van der Waals surface area contributed by atoms with Gasteiger partial charge in [0.05, 0.1) is 16.8 Å². The van der Waals surface area contributed by atoms with Crippen LogP contribution in [0.25, 0.3) is 44.5 Å². The predicted molar refractivity (Wildman–Crippen MR) is 249 cm³/mol. The number of rotatable bonds is 2. The summed E-state index contributed by atoms with van der Waals surface area (Å²) in [6, 6.07) is 76.8. The number of para-hydroxylation sites is 1. The SMILES string of the molecule is Cc1ccc2c(c1)[Si]1(c3ccccc3-c3ccc(N4c5ccccc5C5(c6ccccc6-c6ccccc65)c5cc(-c6ccccc6)ccc54)cc31)c1cc(C)ccc1-2. The number of anilines is 3. The van der Waals surface area contributed by atoms with Gasteiger partial charge in [-0.05, 0) is 132 Å². The van der Waals surface area contributed by atoms with Crippen LogP contribution in [0.2, 0.25) is 0 Å². The molecule has 0 bridgehead atoms. The average molecular weight is 766 g/mol. The van der Waals surface area contributed by atoms with Crippen LogP contribution in [0.1, 0.15) is 33.4 Å². The lowest BCUT2D eigenvalue weighted by molar-refractivity contribution is 0.753. The summed E-state index contributed by atoms with van der Waals surface area (Å²) < 4.78 is 0. The van der Waals surface area contributed by atoms with E-state index in [1.807, 2.05) is 0 Å². The smallest absolute Gasteiger partial charge is 0.182 e. The first-order valence-corrected chi connectivity index (χ1v) is 22.8. The summed E-state index contributed by atoms with van der Waals surface area (Å²) in [7, 11) is -2.70. The van der Waals surface area contributed by atoms with Gasteiger partial charge >= 0.3 is 0 Å². The molecule has 2 spiro atoms. The second kappa shape index (κ2) is 11.8. The van der Waals surface area contributed by atoms with Gasteiger partial charge in [-0.3, -0.25) is 0 Å². The zero-order valence-electron chi connectivity index (χ0n) is 33.0. The van der Waals surface area contributed by atoms with E-state index in [2.05, 4.69) is 219 Å². The van der Waals surface area contributed by atoms with Crippen molar-refractivity contribution in [1.29, 1.82) is 0 Å². The third kappa shape index (κ3) is 4.09. The van der Waals surface area contributed by atoms with Crippen LogP contribution in [-0.4, -0.2) is 8.07 Å². The molecule has 0 aromatic heterocycles. The molecule has 9 aromatic carbocycles. The highest BCUT2D eigenvalue weighted by Crippen LogP contribution is 2.63. The Morgan fingerprint density at radius 2 is 0.847 bits per heavy atom. The van der Waals surface area contributed by atoms with Crippen LogP contribution in [0.5, 0.6) is 0 Å². The fourth-order valence-corrected chi connectivity index (χ4v) is 17.6. The van der Waals surface area contributed by atoms with E-state index in [-0.39, 0.29) is 0 Å². The highest BCUT2D eigenvalue weighted by Gasteiger charge is 2.55. The summed E-state index contributed by atoms with van der Waals surface area (Å²) in [6.07, 6.45) is 0. The van der Waals surface area contributed by atoms with E-state index >= 15 is 0 Å². The number of hydrogen-bond donors (Lipinski definition) is 0. The van der Waals surface area contributed by atoms with Crippen LogP contribution in [0.15, 0.2) is 200 Å². The Balaban J connectivity index is 1.13. The second-order valence-electron chi connectivity index (χ2n) is 16.9. The maximum Gasteiger partial charge on any atom is 0.182 e. The molecule has 9 aromatic rings. The topological polar surface area (TPSA) is 3.24 Å². The molecule has 4 aliphatic rings. The van der Waals surface area contributed by atoms with Crippen molar-refractivity contribution in [2.75, 3.05) is 4.90 Å². The van der Waals surface area contributed by atoms with Gasteiger partial charge in [0, 0.05) is 5.69 Å². The van der Waals surface area contributed by atoms with E-state index in [0.29, 0.717) is 0 Å². The first-order chi connectivity index (χ1) is 29.1. The fraction of sp³-hybridized carbons (Fsp3) is 0.0526. The van der Waals surface area contributed by atoms with Gasteiger partial charge in [-0.25, -0.2) is 0 Å². The molecule has 3 aliphatic heterocycles. The third-order valence-corrected chi connectivity index (χ3v) is 18.9. The molecule has 0 saturated carbocycles. The maximum absolute atomic E-state index is 2.70. The van der Waals surface area contributed by atoms with E-state index in [9.17, 15) is 0 Å². The molecule has 0 unspecified atom stereocenters. The summed E-state index contributed by atoms with van der Waals surface area (Å²) in [5, 5.41) is 6.04. The van der Waals surface area contributed by atoms with Crippen molar-refractivity contribution in [2.24, 2.45) is 0 Å². The zero-order valence-corrected chi connectivity index (χ0v) is 34.0. The molecule has 0 atom stereocenters. The molecule has 0 saturated heterocycles. The Hall–Kier alpha value is -7.00. The number of nitrogens with zero attached hydrogens (tertiary/aromatic N) is 1. The van der Waals surface area contributed by atoms with Crippen molar-refractivity contribution in [1.82, 2.24) is 0 Å². The van der Waals surface area contributed by atoms with E-state index < -0.39 is 13.5 Å². The predicted octanol–water partition coefficient (Wildman–Crippen LogP) is 11.5. The lowest BCUT2D eigenvalue weighted by Crippen LogP contribution is -2.70. The van der Waals surface area contributed by atoms with E-state index in [4.69, 9.17) is 0 Å². The monoisotopic (exact) mass is 765 g/mol. The minimum absolute atomic E-state index is 0.498. The molecule has 1 aliphatic carbocycles. The minimum Gasteiger partial charge on any atom is -0.310 e.